The lowest BCUT2D eigenvalue weighted by atomic mass is 10.2. The molecule has 4 heteroatoms. The summed E-state index contributed by atoms with van der Waals surface area (Å²) in [6.45, 7) is 4.16. The maximum Gasteiger partial charge on any atom is 0.357 e. The van der Waals surface area contributed by atoms with Crippen LogP contribution in [0.25, 0.3) is 0 Å². The van der Waals surface area contributed by atoms with E-state index >= 15 is 0 Å². The molecule has 0 unspecified atom stereocenters. The minimum Gasteiger partial charge on any atom is -0.461 e. The molecule has 0 aliphatic carbocycles. The quantitative estimate of drug-likeness (QED) is 0.549. The largest absolute Gasteiger partial charge is 0.461 e. The fourth-order valence-corrected chi connectivity index (χ4v) is 0.838. The number of halogens is 1. The molecule has 0 aliphatic heterocycles. The Morgan fingerprint density at radius 3 is 2.86 bits per heavy atom. The molecule has 0 fully saturated rings. The van der Waals surface area contributed by atoms with Crippen molar-refractivity contribution >= 4 is 5.97 Å². The van der Waals surface area contributed by atoms with E-state index in [4.69, 9.17) is 4.74 Å². The van der Waals surface area contributed by atoms with Crippen molar-refractivity contribution in [2.24, 2.45) is 5.92 Å². The van der Waals surface area contributed by atoms with E-state index in [0.29, 0.717) is 6.61 Å². The van der Waals surface area contributed by atoms with Crippen molar-refractivity contribution in [3.63, 3.8) is 0 Å². The van der Waals surface area contributed by atoms with Gasteiger partial charge < -0.3 is 4.74 Å². The zero-order valence-electron chi connectivity index (χ0n) is 8.16. The molecule has 76 valence electrons. The first kappa shape index (κ1) is 10.6. The Morgan fingerprint density at radius 1 is 1.57 bits per heavy atom. The van der Waals surface area contributed by atoms with Gasteiger partial charge in [0.2, 0.25) is 5.95 Å². The third kappa shape index (κ3) is 3.12. The van der Waals surface area contributed by atoms with Gasteiger partial charge in [0.25, 0.3) is 0 Å². The smallest absolute Gasteiger partial charge is 0.357 e. The normalized spacial score (nSPS) is 10.3. The molecular formula is C10H12FNO2. The van der Waals surface area contributed by atoms with Crippen LogP contribution < -0.4 is 0 Å². The van der Waals surface area contributed by atoms with E-state index in [-0.39, 0.29) is 11.6 Å². The van der Waals surface area contributed by atoms with Gasteiger partial charge in [-0.2, -0.15) is 4.39 Å². The average Bonchev–Trinajstić information content (AvgIpc) is 2.14. The summed E-state index contributed by atoms with van der Waals surface area (Å²) >= 11 is 0. The van der Waals surface area contributed by atoms with E-state index in [2.05, 4.69) is 4.98 Å². The molecule has 0 saturated heterocycles. The van der Waals surface area contributed by atoms with Gasteiger partial charge in [-0.25, -0.2) is 9.78 Å². The number of aromatic nitrogens is 1. The van der Waals surface area contributed by atoms with Gasteiger partial charge in [0.05, 0.1) is 6.61 Å². The molecular weight excluding hydrogens is 185 g/mol. The van der Waals surface area contributed by atoms with Crippen molar-refractivity contribution in [2.75, 3.05) is 6.61 Å². The summed E-state index contributed by atoms with van der Waals surface area (Å²) in [5.74, 6) is -1.00. The fourth-order valence-electron chi connectivity index (χ4n) is 0.838. The molecule has 0 aromatic carbocycles. The highest BCUT2D eigenvalue weighted by molar-refractivity contribution is 5.87. The zero-order chi connectivity index (χ0) is 10.6. The summed E-state index contributed by atoms with van der Waals surface area (Å²) in [5.41, 5.74) is 0.00523. The number of carbonyl (C=O) groups is 1. The van der Waals surface area contributed by atoms with Crippen LogP contribution in [0.5, 0.6) is 0 Å². The standard InChI is InChI=1S/C10H12FNO2/c1-7(2)6-14-10(13)8-4-3-5-9(11)12-8/h3-5,7H,6H2,1-2H3. The highest BCUT2D eigenvalue weighted by Gasteiger charge is 2.09. The molecule has 0 amide bonds. The Labute approximate surface area is 81.9 Å². The summed E-state index contributed by atoms with van der Waals surface area (Å²) < 4.78 is 17.5. The number of rotatable bonds is 3. The number of pyridine rings is 1. The molecule has 0 bridgehead atoms. The van der Waals surface area contributed by atoms with E-state index < -0.39 is 11.9 Å². The summed E-state index contributed by atoms with van der Waals surface area (Å²) in [6, 6.07) is 4.03. The number of esters is 1. The molecule has 0 aliphatic rings. The van der Waals surface area contributed by atoms with Crippen molar-refractivity contribution in [3.05, 3.63) is 29.8 Å². The van der Waals surface area contributed by atoms with Gasteiger partial charge in [-0.15, -0.1) is 0 Å². The Hall–Kier alpha value is -1.45. The molecule has 1 heterocycles. The monoisotopic (exact) mass is 197 g/mol. The maximum atomic E-state index is 12.6. The van der Waals surface area contributed by atoms with Crippen LogP contribution in [0.15, 0.2) is 18.2 Å². The van der Waals surface area contributed by atoms with Crippen molar-refractivity contribution < 1.29 is 13.9 Å². The van der Waals surface area contributed by atoms with Crippen LogP contribution >= 0.6 is 0 Å². The minimum absolute atomic E-state index is 0.00523. The molecule has 3 nitrogen and oxygen atoms in total. The van der Waals surface area contributed by atoms with Crippen LogP contribution in [0.1, 0.15) is 24.3 Å². The topological polar surface area (TPSA) is 39.2 Å². The second-order valence-electron chi connectivity index (χ2n) is 3.34. The highest BCUT2D eigenvalue weighted by Crippen LogP contribution is 2.02. The first-order valence-electron chi connectivity index (χ1n) is 4.39. The second kappa shape index (κ2) is 4.69. The van der Waals surface area contributed by atoms with Gasteiger partial charge in [0.15, 0.2) is 5.69 Å². The van der Waals surface area contributed by atoms with Gasteiger partial charge in [-0.3, -0.25) is 0 Å². The van der Waals surface area contributed by atoms with E-state index in [9.17, 15) is 9.18 Å². The molecule has 1 aromatic heterocycles. The lowest BCUT2D eigenvalue weighted by molar-refractivity contribution is 0.0450. The average molecular weight is 197 g/mol. The number of carbonyl (C=O) groups excluding carboxylic acids is 1. The van der Waals surface area contributed by atoms with E-state index in [1.807, 2.05) is 13.8 Å². The molecule has 0 atom stereocenters. The zero-order valence-corrected chi connectivity index (χ0v) is 8.16. The number of hydrogen-bond acceptors (Lipinski definition) is 3. The van der Waals surface area contributed by atoms with Crippen LogP contribution in [0, 0.1) is 11.9 Å². The Balaban J connectivity index is 2.61. The predicted molar refractivity (Wildman–Crippen MR) is 49.3 cm³/mol. The number of nitrogens with zero attached hydrogens (tertiary/aromatic N) is 1. The molecule has 14 heavy (non-hydrogen) atoms. The molecule has 0 spiro atoms. The van der Waals surface area contributed by atoms with Crippen LogP contribution in [0.3, 0.4) is 0 Å². The molecule has 0 saturated carbocycles. The van der Waals surface area contributed by atoms with Gasteiger partial charge in [-0.1, -0.05) is 19.9 Å². The predicted octanol–water partition coefficient (Wildman–Crippen LogP) is 2.03. The number of ether oxygens (including phenoxy) is 1. The SMILES string of the molecule is CC(C)COC(=O)c1cccc(F)n1. The van der Waals surface area contributed by atoms with Crippen LogP contribution in [-0.2, 0) is 4.74 Å². The third-order valence-corrected chi connectivity index (χ3v) is 1.47. The van der Waals surface area contributed by atoms with Crippen LogP contribution in [-0.4, -0.2) is 17.6 Å². The lowest BCUT2D eigenvalue weighted by Crippen LogP contribution is -2.12. The van der Waals surface area contributed by atoms with Gasteiger partial charge in [0, 0.05) is 0 Å². The van der Waals surface area contributed by atoms with E-state index in [1.54, 1.807) is 0 Å². The van der Waals surface area contributed by atoms with E-state index in [0.717, 1.165) is 0 Å². The van der Waals surface area contributed by atoms with Crippen molar-refractivity contribution in [2.45, 2.75) is 13.8 Å². The fraction of sp³-hybridized carbons (Fsp3) is 0.400. The minimum atomic E-state index is -0.677. The lowest BCUT2D eigenvalue weighted by Gasteiger charge is -2.05. The molecule has 0 N–H and O–H groups in total. The van der Waals surface area contributed by atoms with Crippen molar-refractivity contribution in [1.29, 1.82) is 0 Å². The van der Waals surface area contributed by atoms with Crippen molar-refractivity contribution in [3.8, 4) is 0 Å². The Bertz CT molecular complexity index is 326. The molecule has 1 rings (SSSR count). The first-order chi connectivity index (χ1) is 6.59. The second-order valence-corrected chi connectivity index (χ2v) is 3.34. The summed E-state index contributed by atoms with van der Waals surface area (Å²) in [7, 11) is 0. The third-order valence-electron chi connectivity index (χ3n) is 1.47. The Morgan fingerprint density at radius 2 is 2.29 bits per heavy atom. The van der Waals surface area contributed by atoms with Crippen LogP contribution in [0.2, 0.25) is 0 Å². The van der Waals surface area contributed by atoms with Crippen molar-refractivity contribution in [1.82, 2.24) is 4.98 Å². The van der Waals surface area contributed by atoms with Gasteiger partial charge >= 0.3 is 5.97 Å². The summed E-state index contributed by atoms with van der Waals surface area (Å²) in [4.78, 5) is 14.7. The Kier molecular flexibility index (Phi) is 3.56. The van der Waals surface area contributed by atoms with Gasteiger partial charge in [-0.05, 0) is 18.1 Å². The summed E-state index contributed by atoms with van der Waals surface area (Å²) in [6.07, 6.45) is 0. The highest BCUT2D eigenvalue weighted by atomic mass is 19.1. The molecule has 1 aromatic rings. The van der Waals surface area contributed by atoms with Crippen LogP contribution in [0.4, 0.5) is 4.39 Å². The van der Waals surface area contributed by atoms with Gasteiger partial charge in [0.1, 0.15) is 0 Å². The molecule has 0 radical (unpaired) electrons. The number of hydrogen-bond donors (Lipinski definition) is 0. The first-order valence-corrected chi connectivity index (χ1v) is 4.39. The summed E-state index contributed by atoms with van der Waals surface area (Å²) in [5, 5.41) is 0. The van der Waals surface area contributed by atoms with E-state index in [1.165, 1.54) is 18.2 Å². The maximum absolute atomic E-state index is 12.6.